The lowest BCUT2D eigenvalue weighted by molar-refractivity contribution is -0.0274. The van der Waals surface area contributed by atoms with Gasteiger partial charge in [-0.15, -0.1) is 0 Å². The molecule has 0 saturated carbocycles. The van der Waals surface area contributed by atoms with Gasteiger partial charge in [0.15, 0.2) is 0 Å². The predicted octanol–water partition coefficient (Wildman–Crippen LogP) is 1.65. The first-order chi connectivity index (χ1) is 8.69. The maximum absolute atomic E-state index is 9.93. The van der Waals surface area contributed by atoms with Crippen LogP contribution in [0.5, 0.6) is 0 Å². The Hall–Kier alpha value is -0.840. The minimum Gasteiger partial charge on any atom is -0.388 e. The number of aliphatic hydroxyl groups excluding tert-OH is 1. The van der Waals surface area contributed by atoms with E-state index in [0.29, 0.717) is 0 Å². The molecule has 2 atom stereocenters. The van der Waals surface area contributed by atoms with Crippen molar-refractivity contribution in [3.63, 3.8) is 0 Å². The molecular formula is C14H24N2O2. The molecule has 0 bridgehead atoms. The van der Waals surface area contributed by atoms with Crippen LogP contribution in [0.2, 0.25) is 0 Å². The van der Waals surface area contributed by atoms with Crippen LogP contribution < -0.4 is 0 Å². The molecule has 4 nitrogen and oxygen atoms in total. The fraction of sp³-hybridized carbons (Fsp3) is 0.714. The highest BCUT2D eigenvalue weighted by atomic mass is 16.5. The van der Waals surface area contributed by atoms with Gasteiger partial charge in [-0.25, -0.2) is 0 Å². The van der Waals surface area contributed by atoms with Crippen molar-refractivity contribution in [3.05, 3.63) is 24.0 Å². The molecule has 1 aliphatic heterocycles. The summed E-state index contributed by atoms with van der Waals surface area (Å²) >= 11 is 0. The van der Waals surface area contributed by atoms with Gasteiger partial charge in [-0.05, 0) is 25.1 Å². The number of likely N-dealkylation sites (N-methyl/N-ethyl adjacent to an activating group) is 1. The second kappa shape index (κ2) is 6.36. The van der Waals surface area contributed by atoms with Crippen LogP contribution in [0.15, 0.2) is 18.5 Å². The van der Waals surface area contributed by atoms with Gasteiger partial charge in [0.05, 0.1) is 18.8 Å². The second-order valence-electron chi connectivity index (χ2n) is 5.20. The van der Waals surface area contributed by atoms with Crippen molar-refractivity contribution in [2.45, 2.75) is 38.5 Å². The van der Waals surface area contributed by atoms with Crippen LogP contribution in [0.25, 0.3) is 0 Å². The molecule has 4 heteroatoms. The maximum atomic E-state index is 9.93. The third-order valence-corrected chi connectivity index (χ3v) is 3.48. The zero-order valence-electron chi connectivity index (χ0n) is 11.4. The van der Waals surface area contributed by atoms with Gasteiger partial charge in [0.25, 0.3) is 0 Å². The summed E-state index contributed by atoms with van der Waals surface area (Å²) in [4.78, 5) is 2.30. The molecule has 1 fully saturated rings. The Labute approximate surface area is 109 Å². The minimum absolute atomic E-state index is 0.257. The molecule has 1 aromatic heterocycles. The number of ether oxygens (including phenoxy) is 1. The van der Waals surface area contributed by atoms with E-state index in [9.17, 15) is 5.11 Å². The summed E-state index contributed by atoms with van der Waals surface area (Å²) in [6, 6.07) is 2.01. The van der Waals surface area contributed by atoms with Crippen LogP contribution in [-0.4, -0.2) is 47.4 Å². The summed E-state index contributed by atoms with van der Waals surface area (Å²) in [7, 11) is 2.13. The Morgan fingerprint density at radius 3 is 3.11 bits per heavy atom. The molecule has 102 valence electrons. The standard InChI is InChI=1S/C14H24N2O2/c1-3-4-14(17)12-5-6-16(9-12)11-13-10-15(2)7-8-18-13/h5-6,9,13-14,17H,3-4,7-8,10-11H2,1-2H3. The lowest BCUT2D eigenvalue weighted by Gasteiger charge is -2.30. The molecule has 0 radical (unpaired) electrons. The molecule has 1 saturated heterocycles. The van der Waals surface area contributed by atoms with E-state index < -0.39 is 0 Å². The van der Waals surface area contributed by atoms with E-state index >= 15 is 0 Å². The lowest BCUT2D eigenvalue weighted by atomic mass is 10.1. The van der Waals surface area contributed by atoms with Gasteiger partial charge < -0.3 is 19.3 Å². The van der Waals surface area contributed by atoms with Gasteiger partial charge >= 0.3 is 0 Å². The van der Waals surface area contributed by atoms with Crippen LogP contribution >= 0.6 is 0 Å². The van der Waals surface area contributed by atoms with E-state index in [0.717, 1.165) is 44.6 Å². The Morgan fingerprint density at radius 1 is 1.56 bits per heavy atom. The first-order valence-corrected chi connectivity index (χ1v) is 6.83. The molecular weight excluding hydrogens is 228 g/mol. The normalized spacial score (nSPS) is 23.2. The molecule has 2 unspecified atom stereocenters. The Morgan fingerprint density at radius 2 is 2.39 bits per heavy atom. The Bertz CT molecular complexity index is 364. The van der Waals surface area contributed by atoms with E-state index in [1.165, 1.54) is 0 Å². The predicted molar refractivity (Wildman–Crippen MR) is 71.5 cm³/mol. The lowest BCUT2D eigenvalue weighted by Crippen LogP contribution is -2.41. The number of morpholine rings is 1. The molecule has 2 heterocycles. The molecule has 0 aromatic carbocycles. The van der Waals surface area contributed by atoms with E-state index in [-0.39, 0.29) is 12.2 Å². The summed E-state index contributed by atoms with van der Waals surface area (Å²) in [6.45, 7) is 5.76. The minimum atomic E-state index is -0.328. The van der Waals surface area contributed by atoms with Gasteiger partial charge in [0, 0.05) is 32.0 Å². The quantitative estimate of drug-likeness (QED) is 0.866. The SMILES string of the molecule is CCCC(O)c1ccn(CC2CN(C)CCO2)c1. The van der Waals surface area contributed by atoms with Crippen molar-refractivity contribution in [2.75, 3.05) is 26.7 Å². The third kappa shape index (κ3) is 3.57. The van der Waals surface area contributed by atoms with Crippen molar-refractivity contribution in [3.8, 4) is 0 Å². The summed E-state index contributed by atoms with van der Waals surface area (Å²) < 4.78 is 7.87. The van der Waals surface area contributed by atoms with E-state index in [2.05, 4.69) is 23.4 Å². The van der Waals surface area contributed by atoms with Gasteiger partial charge in [-0.1, -0.05) is 13.3 Å². The summed E-state index contributed by atoms with van der Waals surface area (Å²) in [5, 5.41) is 9.93. The zero-order valence-corrected chi connectivity index (χ0v) is 11.4. The monoisotopic (exact) mass is 252 g/mol. The average Bonchev–Trinajstić information content (AvgIpc) is 2.78. The Balaban J connectivity index is 1.89. The van der Waals surface area contributed by atoms with E-state index in [1.54, 1.807) is 0 Å². The second-order valence-corrected chi connectivity index (χ2v) is 5.20. The van der Waals surface area contributed by atoms with Crippen LogP contribution in [0.3, 0.4) is 0 Å². The number of nitrogens with zero attached hydrogens (tertiary/aromatic N) is 2. The smallest absolute Gasteiger partial charge is 0.0880 e. The highest BCUT2D eigenvalue weighted by Crippen LogP contribution is 2.19. The molecule has 1 aliphatic rings. The van der Waals surface area contributed by atoms with Gasteiger partial charge in [0.2, 0.25) is 0 Å². The van der Waals surface area contributed by atoms with E-state index in [1.807, 2.05) is 18.5 Å². The van der Waals surface area contributed by atoms with Crippen LogP contribution in [0.4, 0.5) is 0 Å². The molecule has 18 heavy (non-hydrogen) atoms. The van der Waals surface area contributed by atoms with Crippen LogP contribution in [0, 0.1) is 0 Å². The maximum Gasteiger partial charge on any atom is 0.0880 e. The largest absolute Gasteiger partial charge is 0.388 e. The summed E-state index contributed by atoms with van der Waals surface area (Å²) in [6.07, 6.45) is 5.83. The highest BCUT2D eigenvalue weighted by Gasteiger charge is 2.18. The van der Waals surface area contributed by atoms with Crippen molar-refractivity contribution in [1.82, 2.24) is 9.47 Å². The molecule has 2 rings (SSSR count). The van der Waals surface area contributed by atoms with Crippen LogP contribution in [0.1, 0.15) is 31.4 Å². The van der Waals surface area contributed by atoms with Crippen LogP contribution in [-0.2, 0) is 11.3 Å². The zero-order chi connectivity index (χ0) is 13.0. The molecule has 1 aromatic rings. The van der Waals surface area contributed by atoms with Crippen molar-refractivity contribution < 1.29 is 9.84 Å². The van der Waals surface area contributed by atoms with Crippen molar-refractivity contribution in [2.24, 2.45) is 0 Å². The van der Waals surface area contributed by atoms with Gasteiger partial charge in [-0.2, -0.15) is 0 Å². The number of hydrogen-bond acceptors (Lipinski definition) is 3. The first kappa shape index (κ1) is 13.6. The fourth-order valence-corrected chi connectivity index (χ4v) is 2.42. The number of hydrogen-bond donors (Lipinski definition) is 1. The average molecular weight is 252 g/mol. The van der Waals surface area contributed by atoms with Gasteiger partial charge in [-0.3, -0.25) is 0 Å². The van der Waals surface area contributed by atoms with Crippen molar-refractivity contribution in [1.29, 1.82) is 0 Å². The molecule has 0 aliphatic carbocycles. The van der Waals surface area contributed by atoms with Gasteiger partial charge in [0.1, 0.15) is 0 Å². The Kier molecular flexibility index (Phi) is 4.80. The number of aliphatic hydroxyl groups is 1. The molecule has 0 spiro atoms. The summed E-state index contributed by atoms with van der Waals surface area (Å²) in [5.41, 5.74) is 1.01. The third-order valence-electron chi connectivity index (χ3n) is 3.48. The van der Waals surface area contributed by atoms with Crippen molar-refractivity contribution >= 4 is 0 Å². The molecule has 0 amide bonds. The fourth-order valence-electron chi connectivity index (χ4n) is 2.42. The summed E-state index contributed by atoms with van der Waals surface area (Å²) in [5.74, 6) is 0. The highest BCUT2D eigenvalue weighted by molar-refractivity contribution is 5.13. The molecule has 1 N–H and O–H groups in total. The number of aromatic nitrogens is 1. The number of rotatable bonds is 5. The first-order valence-electron chi connectivity index (χ1n) is 6.83. The van der Waals surface area contributed by atoms with E-state index in [4.69, 9.17) is 4.74 Å². The topological polar surface area (TPSA) is 37.6 Å².